The molecule has 0 radical (unpaired) electrons. The zero-order chi connectivity index (χ0) is 15.5. The molecule has 3 rings (SSSR count). The first kappa shape index (κ1) is 15.6. The number of thioether (sulfide) groups is 1. The summed E-state index contributed by atoms with van der Waals surface area (Å²) in [5.74, 6) is 0.0715. The molecule has 22 heavy (non-hydrogen) atoms. The fraction of sp³-hybridized carbons (Fsp3) is 0.600. The van der Waals surface area contributed by atoms with Crippen molar-refractivity contribution in [2.45, 2.75) is 36.9 Å². The van der Waals surface area contributed by atoms with Gasteiger partial charge in [0.05, 0.1) is 18.8 Å². The number of fused-ring (bicyclic) bond motifs is 1. The topological polar surface area (TPSA) is 76.5 Å². The Labute approximate surface area is 133 Å². The molecule has 2 aliphatic rings. The van der Waals surface area contributed by atoms with Gasteiger partial charge in [-0.25, -0.2) is 0 Å². The highest BCUT2D eigenvalue weighted by atomic mass is 32.2. The number of hydrogen-bond acceptors (Lipinski definition) is 5. The van der Waals surface area contributed by atoms with E-state index < -0.39 is 6.29 Å². The van der Waals surface area contributed by atoms with Crippen molar-refractivity contribution in [1.82, 2.24) is 0 Å². The lowest BCUT2D eigenvalue weighted by Gasteiger charge is -2.47. The maximum absolute atomic E-state index is 8.80. The van der Waals surface area contributed by atoms with Crippen LogP contribution in [0.5, 0.6) is 0 Å². The minimum Gasteiger partial charge on any atom is -0.359 e. The molecule has 1 aromatic rings. The van der Waals surface area contributed by atoms with Gasteiger partial charge in [-0.1, -0.05) is 42.4 Å². The number of hydrogen-bond donors (Lipinski definition) is 0. The van der Waals surface area contributed by atoms with Gasteiger partial charge in [0.1, 0.15) is 11.5 Å². The second-order valence-corrected chi connectivity index (χ2v) is 6.45. The van der Waals surface area contributed by atoms with Crippen LogP contribution in [0.15, 0.2) is 35.4 Å². The molecule has 0 aliphatic carbocycles. The SMILES string of the molecule is CS[C@@H]1OC2COC(c3ccccc3)O[C@@H]2[C@H](C)C1N=[N+]=[N-]. The van der Waals surface area contributed by atoms with Crippen LogP contribution in [-0.2, 0) is 14.2 Å². The van der Waals surface area contributed by atoms with Gasteiger partial charge >= 0.3 is 0 Å². The molecule has 0 saturated carbocycles. The molecule has 2 saturated heterocycles. The lowest BCUT2D eigenvalue weighted by Crippen LogP contribution is -2.56. The molecule has 7 heteroatoms. The fourth-order valence-electron chi connectivity index (χ4n) is 3.02. The first-order valence-electron chi connectivity index (χ1n) is 7.29. The van der Waals surface area contributed by atoms with Crippen LogP contribution in [0.25, 0.3) is 10.4 Å². The zero-order valence-electron chi connectivity index (χ0n) is 12.5. The van der Waals surface area contributed by atoms with Crippen molar-refractivity contribution in [2.75, 3.05) is 12.9 Å². The molecule has 2 aliphatic heterocycles. The standard InChI is InChI=1S/C15H19N3O3S/c1-9-12(17-18-16)15(22-2)20-11-8-19-14(21-13(9)11)10-6-4-3-5-7-10/h3-7,9,11-15H,8H2,1-2H3/t9-,11?,12?,13-,14?,15+/m1/s1. The Morgan fingerprint density at radius 1 is 1.27 bits per heavy atom. The summed E-state index contributed by atoms with van der Waals surface area (Å²) in [7, 11) is 0. The number of rotatable bonds is 3. The summed E-state index contributed by atoms with van der Waals surface area (Å²) in [4.78, 5) is 2.97. The van der Waals surface area contributed by atoms with Crippen LogP contribution in [0.1, 0.15) is 18.8 Å². The van der Waals surface area contributed by atoms with E-state index in [-0.39, 0.29) is 29.6 Å². The summed E-state index contributed by atoms with van der Waals surface area (Å²) < 4.78 is 17.9. The van der Waals surface area contributed by atoms with Gasteiger partial charge < -0.3 is 14.2 Å². The average Bonchev–Trinajstić information content (AvgIpc) is 2.58. The Balaban J connectivity index is 1.79. The van der Waals surface area contributed by atoms with E-state index in [1.807, 2.05) is 36.6 Å². The van der Waals surface area contributed by atoms with Crippen LogP contribution in [0.3, 0.4) is 0 Å². The Morgan fingerprint density at radius 3 is 2.73 bits per heavy atom. The van der Waals surface area contributed by atoms with Crippen molar-refractivity contribution in [3.8, 4) is 0 Å². The molecule has 0 N–H and O–H groups in total. The Hall–Kier alpha value is -1.24. The average molecular weight is 321 g/mol. The third-order valence-corrected chi connectivity index (χ3v) is 5.05. The van der Waals surface area contributed by atoms with E-state index in [1.165, 1.54) is 0 Å². The van der Waals surface area contributed by atoms with Crippen molar-refractivity contribution in [2.24, 2.45) is 11.0 Å². The third kappa shape index (κ3) is 2.95. The van der Waals surface area contributed by atoms with Crippen LogP contribution >= 0.6 is 11.8 Å². The first-order chi connectivity index (χ1) is 10.7. The van der Waals surface area contributed by atoms with Crippen molar-refractivity contribution >= 4 is 11.8 Å². The molecule has 2 fully saturated rings. The monoisotopic (exact) mass is 321 g/mol. The molecule has 2 heterocycles. The van der Waals surface area contributed by atoms with Gasteiger partial charge in [0, 0.05) is 10.5 Å². The molecular formula is C15H19N3O3S. The van der Waals surface area contributed by atoms with Crippen molar-refractivity contribution < 1.29 is 14.2 Å². The van der Waals surface area contributed by atoms with Gasteiger partial charge in [0.25, 0.3) is 0 Å². The smallest absolute Gasteiger partial charge is 0.184 e. The third-order valence-electron chi connectivity index (χ3n) is 4.19. The summed E-state index contributed by atoms with van der Waals surface area (Å²) in [6, 6.07) is 9.60. The highest BCUT2D eigenvalue weighted by Gasteiger charge is 2.47. The van der Waals surface area contributed by atoms with Gasteiger partial charge in [0.15, 0.2) is 6.29 Å². The highest BCUT2D eigenvalue weighted by molar-refractivity contribution is 7.99. The van der Waals surface area contributed by atoms with Crippen molar-refractivity contribution in [3.63, 3.8) is 0 Å². The van der Waals surface area contributed by atoms with Crippen LogP contribution in [0, 0.1) is 5.92 Å². The highest BCUT2D eigenvalue weighted by Crippen LogP contribution is 2.40. The minimum absolute atomic E-state index is 0.0715. The van der Waals surface area contributed by atoms with Gasteiger partial charge in [-0.05, 0) is 17.7 Å². The summed E-state index contributed by atoms with van der Waals surface area (Å²) in [6.45, 7) is 2.53. The second-order valence-electron chi connectivity index (χ2n) is 5.51. The van der Waals surface area contributed by atoms with Gasteiger partial charge in [-0.2, -0.15) is 0 Å². The van der Waals surface area contributed by atoms with Crippen LogP contribution in [0.2, 0.25) is 0 Å². The van der Waals surface area contributed by atoms with E-state index in [4.69, 9.17) is 19.7 Å². The van der Waals surface area contributed by atoms with Crippen LogP contribution in [-0.4, -0.2) is 36.5 Å². The zero-order valence-corrected chi connectivity index (χ0v) is 13.3. The van der Waals surface area contributed by atoms with Crippen LogP contribution in [0.4, 0.5) is 0 Å². The largest absolute Gasteiger partial charge is 0.359 e. The molecule has 6 atom stereocenters. The molecule has 0 bridgehead atoms. The molecular weight excluding hydrogens is 302 g/mol. The van der Waals surface area contributed by atoms with E-state index in [0.29, 0.717) is 6.61 Å². The van der Waals surface area contributed by atoms with E-state index in [1.54, 1.807) is 11.8 Å². The summed E-state index contributed by atoms with van der Waals surface area (Å²) in [5, 5.41) is 3.92. The predicted octanol–water partition coefficient (Wildman–Crippen LogP) is 3.50. The Morgan fingerprint density at radius 2 is 2.05 bits per heavy atom. The summed E-state index contributed by atoms with van der Waals surface area (Å²) in [5.41, 5.74) is 9.63. The van der Waals surface area contributed by atoms with Crippen molar-refractivity contribution in [3.05, 3.63) is 46.3 Å². The maximum Gasteiger partial charge on any atom is 0.184 e. The summed E-state index contributed by atoms with van der Waals surface area (Å²) in [6.07, 6.45) is 1.29. The molecule has 1 aromatic carbocycles. The van der Waals surface area contributed by atoms with Crippen molar-refractivity contribution in [1.29, 1.82) is 0 Å². The number of ether oxygens (including phenoxy) is 3. The van der Waals surface area contributed by atoms with Gasteiger partial charge in [-0.3, -0.25) is 0 Å². The summed E-state index contributed by atoms with van der Waals surface area (Å²) >= 11 is 1.55. The van der Waals surface area contributed by atoms with Gasteiger partial charge in [-0.15, -0.1) is 11.8 Å². The number of benzene rings is 1. The van der Waals surface area contributed by atoms with E-state index in [9.17, 15) is 0 Å². The minimum atomic E-state index is -0.397. The lowest BCUT2D eigenvalue weighted by atomic mass is 9.89. The van der Waals surface area contributed by atoms with E-state index in [2.05, 4.69) is 16.9 Å². The molecule has 0 spiro atoms. The molecule has 0 amide bonds. The first-order valence-corrected chi connectivity index (χ1v) is 8.58. The number of azide groups is 1. The molecule has 0 aromatic heterocycles. The normalized spacial score (nSPS) is 37.9. The van der Waals surface area contributed by atoms with Gasteiger partial charge in [0.2, 0.25) is 0 Å². The fourth-order valence-corrected chi connectivity index (χ4v) is 3.86. The van der Waals surface area contributed by atoms with E-state index in [0.717, 1.165) is 5.56 Å². The maximum atomic E-state index is 8.80. The number of nitrogens with zero attached hydrogens (tertiary/aromatic N) is 3. The van der Waals surface area contributed by atoms with E-state index >= 15 is 0 Å². The second kappa shape index (κ2) is 6.89. The molecule has 3 unspecified atom stereocenters. The Bertz CT molecular complexity index is 552. The molecule has 118 valence electrons. The van der Waals surface area contributed by atoms with Crippen LogP contribution < -0.4 is 0 Å². The predicted molar refractivity (Wildman–Crippen MR) is 84.3 cm³/mol. The lowest BCUT2D eigenvalue weighted by molar-refractivity contribution is -0.295. The molecule has 6 nitrogen and oxygen atoms in total. The quantitative estimate of drug-likeness (QED) is 0.485. The Kier molecular flexibility index (Phi) is 4.90.